The lowest BCUT2D eigenvalue weighted by Crippen LogP contribution is -1.95. The average molecular weight is 175 g/mol. The Labute approximate surface area is 73.3 Å². The molecule has 6 nitrogen and oxygen atoms in total. The molecule has 0 amide bonds. The standard InChI is InChI=1S/C7H5N5O/c13-5-2-1-3-8-6(5)7-11-9-4-10-12-7/h1-4,13H. The van der Waals surface area contributed by atoms with Crippen LogP contribution in [0.2, 0.25) is 0 Å². The normalized spacial score (nSPS) is 9.85. The molecule has 0 unspecified atom stereocenters. The van der Waals surface area contributed by atoms with Crippen LogP contribution in [0.25, 0.3) is 11.5 Å². The number of aromatic hydroxyl groups is 1. The van der Waals surface area contributed by atoms with Crippen LogP contribution in [0.15, 0.2) is 24.7 Å². The number of aromatic nitrogens is 5. The molecular formula is C7H5N5O. The van der Waals surface area contributed by atoms with Crippen LogP contribution in [-0.4, -0.2) is 30.5 Å². The Morgan fingerprint density at radius 2 is 1.92 bits per heavy atom. The van der Waals surface area contributed by atoms with Gasteiger partial charge in [-0.1, -0.05) is 0 Å². The third kappa shape index (κ3) is 1.41. The molecule has 2 heterocycles. The van der Waals surface area contributed by atoms with Gasteiger partial charge in [0.05, 0.1) is 0 Å². The van der Waals surface area contributed by atoms with E-state index in [1.165, 1.54) is 18.6 Å². The quantitative estimate of drug-likeness (QED) is 0.658. The predicted octanol–water partition coefficient (Wildman–Crippen LogP) is 0.0342. The first-order chi connectivity index (χ1) is 6.38. The van der Waals surface area contributed by atoms with E-state index < -0.39 is 0 Å². The fourth-order valence-electron chi connectivity index (χ4n) is 0.868. The monoisotopic (exact) mass is 175 g/mol. The Bertz CT molecular complexity index is 405. The van der Waals surface area contributed by atoms with Crippen molar-refractivity contribution < 1.29 is 5.11 Å². The van der Waals surface area contributed by atoms with Crippen LogP contribution in [-0.2, 0) is 0 Å². The van der Waals surface area contributed by atoms with Crippen LogP contribution in [0.1, 0.15) is 0 Å². The van der Waals surface area contributed by atoms with Crippen molar-refractivity contribution in [3.05, 3.63) is 24.7 Å². The zero-order valence-electron chi connectivity index (χ0n) is 6.49. The molecule has 0 atom stereocenters. The van der Waals surface area contributed by atoms with Gasteiger partial charge in [-0.3, -0.25) is 0 Å². The van der Waals surface area contributed by atoms with Crippen molar-refractivity contribution in [3.8, 4) is 17.3 Å². The van der Waals surface area contributed by atoms with Crippen molar-refractivity contribution >= 4 is 0 Å². The first-order valence-corrected chi connectivity index (χ1v) is 3.52. The summed E-state index contributed by atoms with van der Waals surface area (Å²) in [6, 6.07) is 3.11. The maximum absolute atomic E-state index is 9.37. The second-order valence-electron chi connectivity index (χ2n) is 2.24. The van der Waals surface area contributed by atoms with Crippen LogP contribution in [0.4, 0.5) is 0 Å². The highest BCUT2D eigenvalue weighted by Gasteiger charge is 2.07. The summed E-state index contributed by atoms with van der Waals surface area (Å²) in [5.74, 6) is 0.220. The van der Waals surface area contributed by atoms with Crippen LogP contribution in [0, 0.1) is 0 Å². The summed E-state index contributed by atoms with van der Waals surface area (Å²) in [5, 5.41) is 23.7. The molecule has 0 spiro atoms. The maximum atomic E-state index is 9.37. The molecule has 0 fully saturated rings. The second kappa shape index (κ2) is 3.10. The summed E-state index contributed by atoms with van der Waals surface area (Å²) in [6.07, 6.45) is 2.74. The van der Waals surface area contributed by atoms with Gasteiger partial charge in [-0.2, -0.15) is 0 Å². The van der Waals surface area contributed by atoms with Crippen LogP contribution in [0.5, 0.6) is 5.75 Å². The molecule has 2 rings (SSSR count). The highest BCUT2D eigenvalue weighted by atomic mass is 16.3. The van der Waals surface area contributed by atoms with Gasteiger partial charge in [-0.15, -0.1) is 20.4 Å². The van der Waals surface area contributed by atoms with Gasteiger partial charge in [0.1, 0.15) is 5.75 Å². The fourth-order valence-corrected chi connectivity index (χ4v) is 0.868. The van der Waals surface area contributed by atoms with Crippen molar-refractivity contribution in [3.63, 3.8) is 0 Å². The molecule has 0 radical (unpaired) electrons. The predicted molar refractivity (Wildman–Crippen MR) is 42.5 cm³/mol. The Morgan fingerprint density at radius 3 is 2.62 bits per heavy atom. The minimum atomic E-state index is 0.0114. The van der Waals surface area contributed by atoms with Crippen molar-refractivity contribution in [1.82, 2.24) is 25.4 Å². The summed E-state index contributed by atoms with van der Waals surface area (Å²) in [6.45, 7) is 0. The first-order valence-electron chi connectivity index (χ1n) is 3.52. The van der Waals surface area contributed by atoms with Gasteiger partial charge in [-0.25, -0.2) is 4.98 Å². The Kier molecular flexibility index (Phi) is 1.79. The molecule has 64 valence electrons. The zero-order chi connectivity index (χ0) is 9.10. The second-order valence-corrected chi connectivity index (χ2v) is 2.24. The molecule has 2 aromatic rings. The van der Waals surface area contributed by atoms with E-state index in [0.29, 0.717) is 0 Å². The van der Waals surface area contributed by atoms with Gasteiger partial charge in [0.15, 0.2) is 12.0 Å². The molecule has 0 aliphatic heterocycles. The lowest BCUT2D eigenvalue weighted by atomic mass is 10.3. The number of hydrogen-bond acceptors (Lipinski definition) is 6. The van der Waals surface area contributed by atoms with Crippen LogP contribution < -0.4 is 0 Å². The smallest absolute Gasteiger partial charge is 0.225 e. The zero-order valence-corrected chi connectivity index (χ0v) is 6.49. The molecular weight excluding hydrogens is 170 g/mol. The number of hydrogen-bond donors (Lipinski definition) is 1. The Balaban J connectivity index is 2.54. The van der Waals surface area contributed by atoms with E-state index in [0.717, 1.165) is 0 Å². The molecule has 1 N–H and O–H groups in total. The highest BCUT2D eigenvalue weighted by molar-refractivity contribution is 5.56. The number of nitrogens with zero attached hydrogens (tertiary/aromatic N) is 5. The lowest BCUT2D eigenvalue weighted by Gasteiger charge is -1.97. The Morgan fingerprint density at radius 1 is 1.15 bits per heavy atom. The van der Waals surface area contributed by atoms with Crippen molar-refractivity contribution in [2.75, 3.05) is 0 Å². The van der Waals surface area contributed by atoms with Gasteiger partial charge >= 0.3 is 0 Å². The molecule has 13 heavy (non-hydrogen) atoms. The van der Waals surface area contributed by atoms with Gasteiger partial charge in [0.25, 0.3) is 0 Å². The Hall–Kier alpha value is -2.11. The first kappa shape index (κ1) is 7.53. The van der Waals surface area contributed by atoms with Crippen LogP contribution in [0.3, 0.4) is 0 Å². The maximum Gasteiger partial charge on any atom is 0.225 e. The van der Waals surface area contributed by atoms with E-state index in [4.69, 9.17) is 0 Å². The topological polar surface area (TPSA) is 84.7 Å². The van der Waals surface area contributed by atoms with E-state index in [9.17, 15) is 5.11 Å². The molecule has 2 aromatic heterocycles. The van der Waals surface area contributed by atoms with E-state index in [1.807, 2.05) is 0 Å². The third-order valence-electron chi connectivity index (χ3n) is 1.41. The summed E-state index contributed by atoms with van der Waals surface area (Å²) in [5.41, 5.74) is 0.281. The molecule has 6 heteroatoms. The van der Waals surface area contributed by atoms with Crippen molar-refractivity contribution in [2.24, 2.45) is 0 Å². The molecule has 0 aromatic carbocycles. The van der Waals surface area contributed by atoms with Gasteiger partial charge in [0.2, 0.25) is 5.82 Å². The summed E-state index contributed by atoms with van der Waals surface area (Å²) in [4.78, 5) is 3.89. The highest BCUT2D eigenvalue weighted by Crippen LogP contribution is 2.20. The van der Waals surface area contributed by atoms with Gasteiger partial charge in [-0.05, 0) is 12.1 Å². The number of pyridine rings is 1. The summed E-state index contributed by atoms with van der Waals surface area (Å²) in [7, 11) is 0. The SMILES string of the molecule is Oc1cccnc1-c1nncnn1. The van der Waals surface area contributed by atoms with E-state index >= 15 is 0 Å². The summed E-state index contributed by atoms with van der Waals surface area (Å²) < 4.78 is 0. The third-order valence-corrected chi connectivity index (χ3v) is 1.41. The van der Waals surface area contributed by atoms with Crippen LogP contribution >= 0.6 is 0 Å². The molecule has 0 aliphatic rings. The van der Waals surface area contributed by atoms with Crippen molar-refractivity contribution in [2.45, 2.75) is 0 Å². The average Bonchev–Trinajstić information content (AvgIpc) is 2.20. The molecule has 0 aliphatic carbocycles. The van der Waals surface area contributed by atoms with Gasteiger partial charge in [0, 0.05) is 6.20 Å². The summed E-state index contributed by atoms with van der Waals surface area (Å²) >= 11 is 0. The minimum Gasteiger partial charge on any atom is -0.506 e. The van der Waals surface area contributed by atoms with E-state index in [1.54, 1.807) is 6.07 Å². The van der Waals surface area contributed by atoms with Crippen molar-refractivity contribution in [1.29, 1.82) is 0 Å². The molecule has 0 saturated heterocycles. The fraction of sp³-hybridized carbons (Fsp3) is 0. The minimum absolute atomic E-state index is 0.0114. The van der Waals surface area contributed by atoms with E-state index in [2.05, 4.69) is 25.4 Å². The van der Waals surface area contributed by atoms with Gasteiger partial charge < -0.3 is 5.11 Å². The van der Waals surface area contributed by atoms with E-state index in [-0.39, 0.29) is 17.3 Å². The largest absolute Gasteiger partial charge is 0.506 e. The lowest BCUT2D eigenvalue weighted by molar-refractivity contribution is 0.474. The molecule has 0 bridgehead atoms. The number of rotatable bonds is 1. The molecule has 0 saturated carbocycles.